The number of aliphatic hydroxyl groups excluding tert-OH is 1. The summed E-state index contributed by atoms with van der Waals surface area (Å²) < 4.78 is 2.74. The molecule has 1 N–H and O–H groups in total. The number of aryl methyl sites for hydroxylation is 1. The number of benzene rings is 1. The Morgan fingerprint density at radius 2 is 2.10 bits per heavy atom. The quantitative estimate of drug-likeness (QED) is 0.911. The highest BCUT2D eigenvalue weighted by atomic mass is 79.9. The van der Waals surface area contributed by atoms with Gasteiger partial charge in [0.15, 0.2) is 0 Å². The van der Waals surface area contributed by atoms with Crippen LogP contribution in [0.2, 0.25) is 0 Å². The number of aromatic nitrogens is 2. The second kappa shape index (κ2) is 6.52. The predicted molar refractivity (Wildman–Crippen MR) is 83.4 cm³/mol. The number of aliphatic hydroxyl groups is 1. The maximum Gasteiger partial charge on any atom is 0.0927 e. The average Bonchev–Trinajstić information content (AvgIpc) is 2.84. The summed E-state index contributed by atoms with van der Waals surface area (Å²) >= 11 is 3.48. The fourth-order valence-electron chi connectivity index (χ4n) is 2.18. The van der Waals surface area contributed by atoms with Gasteiger partial charge in [-0.25, -0.2) is 0 Å². The van der Waals surface area contributed by atoms with E-state index in [1.807, 2.05) is 50.8 Å². The number of halogens is 1. The molecule has 0 aliphatic heterocycles. The zero-order chi connectivity index (χ0) is 14.7. The highest BCUT2D eigenvalue weighted by molar-refractivity contribution is 9.10. The first kappa shape index (κ1) is 15.2. The first-order valence-electron chi connectivity index (χ1n) is 6.60. The molecule has 0 fully saturated rings. The van der Waals surface area contributed by atoms with E-state index in [0.29, 0.717) is 6.54 Å². The van der Waals surface area contributed by atoms with Crippen molar-refractivity contribution in [2.24, 2.45) is 7.05 Å². The smallest absolute Gasteiger partial charge is 0.0927 e. The van der Waals surface area contributed by atoms with Crippen molar-refractivity contribution in [3.8, 4) is 0 Å². The fraction of sp³-hybridized carbons (Fsp3) is 0.400. The maximum atomic E-state index is 10.4. The van der Waals surface area contributed by atoms with E-state index < -0.39 is 6.10 Å². The van der Waals surface area contributed by atoms with E-state index in [1.165, 1.54) is 0 Å². The van der Waals surface area contributed by atoms with Crippen molar-refractivity contribution in [1.82, 2.24) is 14.7 Å². The molecule has 20 heavy (non-hydrogen) atoms. The number of nitrogens with zero attached hydrogens (tertiary/aromatic N) is 3. The van der Waals surface area contributed by atoms with Gasteiger partial charge in [0.1, 0.15) is 0 Å². The molecule has 1 aromatic carbocycles. The van der Waals surface area contributed by atoms with Crippen LogP contribution in [0.5, 0.6) is 0 Å². The summed E-state index contributed by atoms with van der Waals surface area (Å²) in [6.45, 7) is 2.68. The Kier molecular flexibility index (Phi) is 4.96. The Morgan fingerprint density at radius 3 is 2.70 bits per heavy atom. The maximum absolute atomic E-state index is 10.4. The lowest BCUT2D eigenvalue weighted by Crippen LogP contribution is -2.27. The second-order valence-corrected chi connectivity index (χ2v) is 5.95. The van der Waals surface area contributed by atoms with Crippen LogP contribution in [0.1, 0.15) is 30.2 Å². The van der Waals surface area contributed by atoms with Gasteiger partial charge in [-0.3, -0.25) is 9.58 Å². The standard InChI is InChI=1S/C15H20BrN3O/c1-11(12-8-17-19(3)9-12)18(2)10-15(20)13-6-4-5-7-14(13)16/h4-9,11,15,20H,10H2,1-3H3. The van der Waals surface area contributed by atoms with Crippen LogP contribution >= 0.6 is 15.9 Å². The largest absolute Gasteiger partial charge is 0.387 e. The molecule has 2 rings (SSSR count). The molecular formula is C15H20BrN3O. The number of rotatable bonds is 5. The normalized spacial score (nSPS) is 14.5. The molecule has 0 saturated heterocycles. The van der Waals surface area contributed by atoms with E-state index >= 15 is 0 Å². The molecule has 2 atom stereocenters. The van der Waals surface area contributed by atoms with Crippen molar-refractivity contribution in [1.29, 1.82) is 0 Å². The molecule has 0 bridgehead atoms. The summed E-state index contributed by atoms with van der Waals surface area (Å²) in [6, 6.07) is 7.98. The summed E-state index contributed by atoms with van der Waals surface area (Å²) in [5, 5.41) is 14.6. The Balaban J connectivity index is 2.04. The third kappa shape index (κ3) is 3.48. The summed E-state index contributed by atoms with van der Waals surface area (Å²) in [5.74, 6) is 0. The summed E-state index contributed by atoms with van der Waals surface area (Å²) in [7, 11) is 3.92. The van der Waals surface area contributed by atoms with E-state index in [2.05, 4.69) is 32.9 Å². The Morgan fingerprint density at radius 1 is 1.40 bits per heavy atom. The summed E-state index contributed by atoms with van der Waals surface area (Å²) in [6.07, 6.45) is 3.35. The minimum Gasteiger partial charge on any atom is -0.387 e. The number of hydrogen-bond acceptors (Lipinski definition) is 3. The van der Waals surface area contributed by atoms with Crippen molar-refractivity contribution in [2.75, 3.05) is 13.6 Å². The number of hydrogen-bond donors (Lipinski definition) is 1. The summed E-state index contributed by atoms with van der Waals surface area (Å²) in [5.41, 5.74) is 2.06. The van der Waals surface area contributed by atoms with Crippen LogP contribution in [0, 0.1) is 0 Å². The van der Waals surface area contributed by atoms with Crippen molar-refractivity contribution in [2.45, 2.75) is 19.1 Å². The molecule has 0 spiro atoms. The molecule has 1 aromatic heterocycles. The van der Waals surface area contributed by atoms with Crippen molar-refractivity contribution in [3.05, 3.63) is 52.3 Å². The minimum absolute atomic E-state index is 0.209. The lowest BCUT2D eigenvalue weighted by molar-refractivity contribution is 0.108. The molecule has 1 heterocycles. The molecular weight excluding hydrogens is 318 g/mol. The highest BCUT2D eigenvalue weighted by Crippen LogP contribution is 2.26. The second-order valence-electron chi connectivity index (χ2n) is 5.10. The molecule has 2 unspecified atom stereocenters. The van der Waals surface area contributed by atoms with Crippen LogP contribution < -0.4 is 0 Å². The molecule has 4 nitrogen and oxygen atoms in total. The SMILES string of the molecule is CC(c1cnn(C)c1)N(C)CC(O)c1ccccc1Br. The van der Waals surface area contributed by atoms with Gasteiger partial charge in [0.05, 0.1) is 12.3 Å². The van der Waals surface area contributed by atoms with Gasteiger partial charge in [0.25, 0.3) is 0 Å². The van der Waals surface area contributed by atoms with Crippen molar-refractivity contribution >= 4 is 15.9 Å². The van der Waals surface area contributed by atoms with Gasteiger partial charge in [-0.15, -0.1) is 0 Å². The van der Waals surface area contributed by atoms with Gasteiger partial charge in [-0.05, 0) is 25.6 Å². The highest BCUT2D eigenvalue weighted by Gasteiger charge is 2.18. The lowest BCUT2D eigenvalue weighted by atomic mass is 10.1. The molecule has 0 aliphatic carbocycles. The van der Waals surface area contributed by atoms with Crippen LogP contribution in [0.3, 0.4) is 0 Å². The summed E-state index contributed by atoms with van der Waals surface area (Å²) in [4.78, 5) is 2.13. The van der Waals surface area contributed by atoms with E-state index in [4.69, 9.17) is 0 Å². The zero-order valence-corrected chi connectivity index (χ0v) is 13.6. The number of likely N-dealkylation sites (N-methyl/N-ethyl adjacent to an activating group) is 1. The molecule has 5 heteroatoms. The van der Waals surface area contributed by atoms with E-state index in [0.717, 1.165) is 15.6 Å². The molecule has 0 saturated carbocycles. The fourth-order valence-corrected chi connectivity index (χ4v) is 2.73. The van der Waals surface area contributed by atoms with Gasteiger partial charge in [0, 0.05) is 35.9 Å². The van der Waals surface area contributed by atoms with Crippen LogP contribution in [-0.2, 0) is 7.05 Å². The Labute approximate surface area is 128 Å². The molecule has 0 amide bonds. The lowest BCUT2D eigenvalue weighted by Gasteiger charge is -2.26. The first-order chi connectivity index (χ1) is 9.49. The van der Waals surface area contributed by atoms with E-state index in [9.17, 15) is 5.11 Å². The van der Waals surface area contributed by atoms with E-state index in [-0.39, 0.29) is 6.04 Å². The molecule has 0 radical (unpaired) electrons. The van der Waals surface area contributed by atoms with Crippen LogP contribution in [0.15, 0.2) is 41.1 Å². The zero-order valence-electron chi connectivity index (χ0n) is 12.0. The van der Waals surface area contributed by atoms with Gasteiger partial charge < -0.3 is 5.11 Å². The van der Waals surface area contributed by atoms with Crippen molar-refractivity contribution in [3.63, 3.8) is 0 Å². The minimum atomic E-state index is -0.519. The average molecular weight is 338 g/mol. The van der Waals surface area contributed by atoms with Crippen molar-refractivity contribution < 1.29 is 5.11 Å². The third-order valence-electron chi connectivity index (χ3n) is 3.59. The molecule has 108 valence electrons. The van der Waals surface area contributed by atoms with Gasteiger partial charge in [-0.1, -0.05) is 34.1 Å². The third-order valence-corrected chi connectivity index (χ3v) is 4.32. The van der Waals surface area contributed by atoms with Crippen LogP contribution in [0.25, 0.3) is 0 Å². The first-order valence-corrected chi connectivity index (χ1v) is 7.39. The van der Waals surface area contributed by atoms with Gasteiger partial charge in [0.2, 0.25) is 0 Å². The topological polar surface area (TPSA) is 41.3 Å². The van der Waals surface area contributed by atoms with Gasteiger partial charge in [-0.2, -0.15) is 5.10 Å². The van der Waals surface area contributed by atoms with Gasteiger partial charge >= 0.3 is 0 Å². The Bertz CT molecular complexity index is 570. The monoisotopic (exact) mass is 337 g/mol. The van der Waals surface area contributed by atoms with Crippen LogP contribution in [-0.4, -0.2) is 33.4 Å². The predicted octanol–water partition coefficient (Wildman–Crippen LogP) is 2.91. The van der Waals surface area contributed by atoms with E-state index in [1.54, 1.807) is 4.68 Å². The molecule has 0 aliphatic rings. The van der Waals surface area contributed by atoms with Crippen LogP contribution in [0.4, 0.5) is 0 Å². The molecule has 2 aromatic rings. The Hall–Kier alpha value is -1.17.